The summed E-state index contributed by atoms with van der Waals surface area (Å²) >= 11 is 0. The fourth-order valence-corrected chi connectivity index (χ4v) is 2.96. The minimum Gasteiger partial charge on any atom is -0.481 e. The van der Waals surface area contributed by atoms with Gasteiger partial charge in [0.15, 0.2) is 0 Å². The molecule has 0 aliphatic heterocycles. The fraction of sp³-hybridized carbons (Fsp3) is 0.533. The number of benzene rings is 1. The van der Waals surface area contributed by atoms with E-state index >= 15 is 0 Å². The van der Waals surface area contributed by atoms with Crippen LogP contribution in [0.3, 0.4) is 0 Å². The van der Waals surface area contributed by atoms with Crippen molar-refractivity contribution >= 4 is 5.97 Å². The van der Waals surface area contributed by atoms with Gasteiger partial charge in [0.25, 0.3) is 0 Å². The number of carbonyl (C=O) groups is 1. The van der Waals surface area contributed by atoms with Gasteiger partial charge in [0.2, 0.25) is 0 Å². The van der Waals surface area contributed by atoms with Crippen molar-refractivity contribution in [2.24, 2.45) is 0 Å². The van der Waals surface area contributed by atoms with Crippen LogP contribution in [0, 0.1) is 0 Å². The van der Waals surface area contributed by atoms with Gasteiger partial charge in [-0.25, -0.2) is 0 Å². The molecular weight excluding hydrogens is 228 g/mol. The van der Waals surface area contributed by atoms with Crippen molar-refractivity contribution in [3.63, 3.8) is 0 Å². The summed E-state index contributed by atoms with van der Waals surface area (Å²) in [4.78, 5) is 11.6. The fourth-order valence-electron chi connectivity index (χ4n) is 2.96. The highest BCUT2D eigenvalue weighted by molar-refractivity contribution is 5.77. The third-order valence-electron chi connectivity index (χ3n) is 3.89. The lowest BCUT2D eigenvalue weighted by molar-refractivity contribution is -0.146. The predicted octanol–water partition coefficient (Wildman–Crippen LogP) is 2.94. The number of rotatable bonds is 3. The summed E-state index contributed by atoms with van der Waals surface area (Å²) in [6.07, 6.45) is 5.16. The van der Waals surface area contributed by atoms with Crippen LogP contribution in [0.4, 0.5) is 0 Å². The molecule has 0 bridgehead atoms. The Morgan fingerprint density at radius 1 is 1.06 bits per heavy atom. The Kier molecular flexibility index (Phi) is 4.02. The van der Waals surface area contributed by atoms with E-state index < -0.39 is 17.5 Å². The standard InChI is InChI=1S/C15H20O3/c16-14(17)13(12-8-4-3-5-9-12)15(18)10-6-1-2-7-11-15/h3-5,8-9,13,18H,1-2,6-7,10-11H2,(H,16,17). The summed E-state index contributed by atoms with van der Waals surface area (Å²) in [6.45, 7) is 0. The maximum atomic E-state index is 11.6. The molecule has 0 aromatic heterocycles. The second-order valence-electron chi connectivity index (χ2n) is 5.20. The van der Waals surface area contributed by atoms with E-state index in [0.29, 0.717) is 18.4 Å². The quantitative estimate of drug-likeness (QED) is 0.808. The van der Waals surface area contributed by atoms with Crippen molar-refractivity contribution in [3.8, 4) is 0 Å². The van der Waals surface area contributed by atoms with Crippen molar-refractivity contribution in [2.45, 2.75) is 50.0 Å². The molecule has 3 heteroatoms. The van der Waals surface area contributed by atoms with Crippen molar-refractivity contribution in [1.82, 2.24) is 0 Å². The third-order valence-corrected chi connectivity index (χ3v) is 3.89. The highest BCUT2D eigenvalue weighted by atomic mass is 16.4. The summed E-state index contributed by atoms with van der Waals surface area (Å²) in [5.41, 5.74) is -0.390. The molecule has 1 saturated carbocycles. The van der Waals surface area contributed by atoms with Crippen LogP contribution in [-0.4, -0.2) is 21.8 Å². The number of aliphatic carboxylic acids is 1. The van der Waals surface area contributed by atoms with E-state index in [4.69, 9.17) is 0 Å². The third kappa shape index (κ3) is 2.72. The van der Waals surface area contributed by atoms with Crippen molar-refractivity contribution in [1.29, 1.82) is 0 Å². The Balaban J connectivity index is 2.32. The van der Waals surface area contributed by atoms with Crippen LogP contribution in [0.25, 0.3) is 0 Å². The van der Waals surface area contributed by atoms with Crippen LogP contribution in [0.1, 0.15) is 50.0 Å². The molecule has 2 N–H and O–H groups in total. The minimum absolute atomic E-state index is 0.582. The Labute approximate surface area is 107 Å². The molecule has 0 saturated heterocycles. The van der Waals surface area contributed by atoms with Gasteiger partial charge in [-0.05, 0) is 18.4 Å². The Morgan fingerprint density at radius 3 is 2.11 bits per heavy atom. The summed E-state index contributed by atoms with van der Waals surface area (Å²) in [5, 5.41) is 20.2. The van der Waals surface area contributed by atoms with Gasteiger partial charge in [-0.2, -0.15) is 0 Å². The normalized spacial score (nSPS) is 20.9. The number of carboxylic acid groups (broad SMARTS) is 1. The highest BCUT2D eigenvalue weighted by Gasteiger charge is 2.42. The zero-order valence-corrected chi connectivity index (χ0v) is 10.5. The van der Waals surface area contributed by atoms with Crippen molar-refractivity contribution in [3.05, 3.63) is 35.9 Å². The van der Waals surface area contributed by atoms with Gasteiger partial charge in [0.1, 0.15) is 5.92 Å². The average Bonchev–Trinajstić information content (AvgIpc) is 2.55. The van der Waals surface area contributed by atoms with Crippen LogP contribution in [-0.2, 0) is 4.79 Å². The van der Waals surface area contributed by atoms with Gasteiger partial charge in [0, 0.05) is 0 Å². The molecule has 1 aliphatic carbocycles. The molecule has 0 amide bonds. The minimum atomic E-state index is -1.09. The Hall–Kier alpha value is -1.35. The summed E-state index contributed by atoms with van der Waals surface area (Å²) in [6, 6.07) is 9.10. The first kappa shape index (κ1) is 13.1. The predicted molar refractivity (Wildman–Crippen MR) is 69.5 cm³/mol. The van der Waals surface area contributed by atoms with Crippen molar-refractivity contribution < 1.29 is 15.0 Å². The lowest BCUT2D eigenvalue weighted by atomic mass is 9.77. The second kappa shape index (κ2) is 5.53. The van der Waals surface area contributed by atoms with Gasteiger partial charge < -0.3 is 10.2 Å². The van der Waals surface area contributed by atoms with Gasteiger partial charge >= 0.3 is 5.97 Å². The molecule has 1 unspecified atom stereocenters. The average molecular weight is 248 g/mol. The number of carboxylic acids is 1. The van der Waals surface area contributed by atoms with Gasteiger partial charge in [-0.15, -0.1) is 0 Å². The Bertz CT molecular complexity index is 391. The summed E-state index contributed by atoms with van der Waals surface area (Å²) < 4.78 is 0. The first-order chi connectivity index (χ1) is 8.63. The second-order valence-corrected chi connectivity index (χ2v) is 5.20. The van der Waals surface area contributed by atoms with Gasteiger partial charge in [-0.3, -0.25) is 4.79 Å². The summed E-state index contributed by atoms with van der Waals surface area (Å²) in [5.74, 6) is -1.73. The van der Waals surface area contributed by atoms with E-state index in [0.717, 1.165) is 25.7 Å². The zero-order chi connectivity index (χ0) is 13.0. The zero-order valence-electron chi connectivity index (χ0n) is 10.5. The van der Waals surface area contributed by atoms with Gasteiger partial charge in [0.05, 0.1) is 5.60 Å². The number of hydrogen-bond acceptors (Lipinski definition) is 2. The molecule has 1 fully saturated rings. The van der Waals surface area contributed by atoms with E-state index in [1.807, 2.05) is 18.2 Å². The lowest BCUT2D eigenvalue weighted by Gasteiger charge is -2.33. The molecule has 1 aromatic carbocycles. The molecule has 3 nitrogen and oxygen atoms in total. The SMILES string of the molecule is O=C(O)C(c1ccccc1)C1(O)CCCCCC1. The Morgan fingerprint density at radius 2 is 1.61 bits per heavy atom. The number of hydrogen-bond donors (Lipinski definition) is 2. The molecule has 1 atom stereocenters. The smallest absolute Gasteiger partial charge is 0.313 e. The molecule has 0 heterocycles. The first-order valence-electron chi connectivity index (χ1n) is 6.64. The van der Waals surface area contributed by atoms with Crippen LogP contribution >= 0.6 is 0 Å². The number of aliphatic hydroxyl groups is 1. The first-order valence-corrected chi connectivity index (χ1v) is 6.64. The molecule has 98 valence electrons. The lowest BCUT2D eigenvalue weighted by Crippen LogP contribution is -2.40. The van der Waals surface area contributed by atoms with E-state index in [2.05, 4.69) is 0 Å². The molecular formula is C15H20O3. The van der Waals surface area contributed by atoms with E-state index in [1.54, 1.807) is 12.1 Å². The molecule has 0 spiro atoms. The van der Waals surface area contributed by atoms with E-state index in [-0.39, 0.29) is 0 Å². The maximum Gasteiger partial charge on any atom is 0.313 e. The van der Waals surface area contributed by atoms with E-state index in [9.17, 15) is 15.0 Å². The molecule has 2 rings (SSSR count). The van der Waals surface area contributed by atoms with E-state index in [1.165, 1.54) is 0 Å². The summed E-state index contributed by atoms with van der Waals surface area (Å²) in [7, 11) is 0. The van der Waals surface area contributed by atoms with Crippen LogP contribution in [0.2, 0.25) is 0 Å². The van der Waals surface area contributed by atoms with Crippen molar-refractivity contribution in [2.75, 3.05) is 0 Å². The molecule has 0 radical (unpaired) electrons. The maximum absolute atomic E-state index is 11.6. The topological polar surface area (TPSA) is 57.5 Å². The van der Waals surface area contributed by atoms with Crippen LogP contribution in [0.15, 0.2) is 30.3 Å². The van der Waals surface area contributed by atoms with Crippen LogP contribution in [0.5, 0.6) is 0 Å². The molecule has 1 aromatic rings. The van der Waals surface area contributed by atoms with Gasteiger partial charge in [-0.1, -0.05) is 56.0 Å². The largest absolute Gasteiger partial charge is 0.481 e. The van der Waals surface area contributed by atoms with Crippen LogP contribution < -0.4 is 0 Å². The monoisotopic (exact) mass is 248 g/mol. The molecule has 1 aliphatic rings. The highest BCUT2D eigenvalue weighted by Crippen LogP contribution is 2.39. The molecule has 18 heavy (non-hydrogen) atoms.